The molecule has 0 bridgehead atoms. The van der Waals surface area contributed by atoms with Crippen LogP contribution in [0, 0.1) is 6.92 Å². The van der Waals surface area contributed by atoms with Crippen molar-refractivity contribution >= 4 is 10.8 Å². The van der Waals surface area contributed by atoms with Crippen molar-refractivity contribution in [1.29, 1.82) is 0 Å². The molecule has 0 aliphatic carbocycles. The first kappa shape index (κ1) is 11.5. The Labute approximate surface area is 87.3 Å². The summed E-state index contributed by atoms with van der Waals surface area (Å²) in [4.78, 5) is 0. The molecule has 1 aromatic rings. The first-order valence-corrected chi connectivity index (χ1v) is 6.39. The Hall–Kier alpha value is -0.610. The minimum absolute atomic E-state index is 0.256. The molecule has 4 heteroatoms. The number of hydrogen-bond acceptors (Lipinski definition) is 3. The van der Waals surface area contributed by atoms with E-state index >= 15 is 0 Å². The van der Waals surface area contributed by atoms with E-state index in [1.54, 1.807) is 6.26 Å². The number of aryl methyl sites for hydroxylation is 1. The summed E-state index contributed by atoms with van der Waals surface area (Å²) in [5, 5.41) is 3.26. The van der Waals surface area contributed by atoms with Gasteiger partial charge in [-0.1, -0.05) is 0 Å². The normalized spacial score (nSPS) is 15.4. The summed E-state index contributed by atoms with van der Waals surface area (Å²) in [6, 6.07) is 4.16. The standard InChI is InChI=1S/C10H17NO2S/c1-8(7-14(3)12)11-6-10-5-4-9(2)13-10/h4-5,8,11H,6-7H2,1-3H3. The molecule has 0 spiro atoms. The SMILES string of the molecule is Cc1ccc(CNC(C)CS(C)=O)o1. The lowest BCUT2D eigenvalue weighted by atomic mass is 10.3. The molecule has 2 atom stereocenters. The molecule has 1 heterocycles. The summed E-state index contributed by atoms with van der Waals surface area (Å²) >= 11 is 0. The minimum Gasteiger partial charge on any atom is -0.465 e. The molecular formula is C10H17NO2S. The van der Waals surface area contributed by atoms with E-state index in [1.165, 1.54) is 0 Å². The highest BCUT2D eigenvalue weighted by atomic mass is 32.2. The maximum absolute atomic E-state index is 10.9. The van der Waals surface area contributed by atoms with Crippen LogP contribution < -0.4 is 5.32 Å². The lowest BCUT2D eigenvalue weighted by molar-refractivity contribution is 0.448. The number of rotatable bonds is 5. The van der Waals surface area contributed by atoms with Crippen LogP contribution in [-0.2, 0) is 17.3 Å². The second kappa shape index (κ2) is 5.32. The van der Waals surface area contributed by atoms with Gasteiger partial charge in [-0.3, -0.25) is 4.21 Å². The molecule has 0 aliphatic rings. The van der Waals surface area contributed by atoms with E-state index in [0.29, 0.717) is 12.3 Å². The summed E-state index contributed by atoms with van der Waals surface area (Å²) in [6.45, 7) is 4.65. The van der Waals surface area contributed by atoms with Crippen molar-refractivity contribution in [3.8, 4) is 0 Å². The summed E-state index contributed by atoms with van der Waals surface area (Å²) in [5.74, 6) is 2.53. The molecule has 1 aromatic heterocycles. The second-order valence-corrected chi connectivity index (χ2v) is 5.01. The van der Waals surface area contributed by atoms with Gasteiger partial charge < -0.3 is 9.73 Å². The smallest absolute Gasteiger partial charge is 0.117 e. The fourth-order valence-corrected chi connectivity index (χ4v) is 2.09. The van der Waals surface area contributed by atoms with E-state index in [-0.39, 0.29) is 6.04 Å². The van der Waals surface area contributed by atoms with Gasteiger partial charge in [-0.2, -0.15) is 0 Å². The Morgan fingerprint density at radius 1 is 1.57 bits per heavy atom. The van der Waals surface area contributed by atoms with E-state index in [1.807, 2.05) is 26.0 Å². The van der Waals surface area contributed by atoms with Crippen molar-refractivity contribution in [1.82, 2.24) is 5.32 Å². The molecule has 0 saturated carbocycles. The Kier molecular flexibility index (Phi) is 4.35. The van der Waals surface area contributed by atoms with Gasteiger partial charge in [0.15, 0.2) is 0 Å². The van der Waals surface area contributed by atoms with Gasteiger partial charge in [-0.25, -0.2) is 0 Å². The number of furan rings is 1. The van der Waals surface area contributed by atoms with Gasteiger partial charge in [-0.15, -0.1) is 0 Å². The molecule has 0 fully saturated rings. The van der Waals surface area contributed by atoms with Gasteiger partial charge in [0, 0.05) is 28.9 Å². The maximum atomic E-state index is 10.9. The minimum atomic E-state index is -0.741. The van der Waals surface area contributed by atoms with E-state index in [0.717, 1.165) is 11.5 Å². The Balaban J connectivity index is 2.30. The van der Waals surface area contributed by atoms with Gasteiger partial charge in [0.2, 0.25) is 0 Å². The summed E-state index contributed by atoms with van der Waals surface area (Å²) in [5.41, 5.74) is 0. The molecule has 0 saturated heterocycles. The highest BCUT2D eigenvalue weighted by Gasteiger charge is 2.05. The molecule has 3 nitrogen and oxygen atoms in total. The third-order valence-corrected chi connectivity index (χ3v) is 2.87. The molecule has 80 valence electrons. The second-order valence-electron chi connectivity index (χ2n) is 3.53. The van der Waals surface area contributed by atoms with Crippen molar-refractivity contribution < 1.29 is 8.63 Å². The van der Waals surface area contributed by atoms with Crippen LogP contribution in [-0.4, -0.2) is 22.3 Å². The number of nitrogens with one attached hydrogen (secondary N) is 1. The van der Waals surface area contributed by atoms with E-state index < -0.39 is 10.8 Å². The summed E-state index contributed by atoms with van der Waals surface area (Å²) < 4.78 is 16.3. The molecule has 1 N–H and O–H groups in total. The highest BCUT2D eigenvalue weighted by molar-refractivity contribution is 7.84. The van der Waals surface area contributed by atoms with Crippen LogP contribution in [0.1, 0.15) is 18.4 Å². The monoisotopic (exact) mass is 215 g/mol. The van der Waals surface area contributed by atoms with Gasteiger partial charge in [-0.05, 0) is 26.0 Å². The molecule has 0 amide bonds. The third kappa shape index (κ3) is 4.07. The topological polar surface area (TPSA) is 42.2 Å². The van der Waals surface area contributed by atoms with Crippen LogP contribution >= 0.6 is 0 Å². The molecule has 0 aromatic carbocycles. The molecule has 1 rings (SSSR count). The van der Waals surface area contributed by atoms with E-state index in [2.05, 4.69) is 5.32 Å². The van der Waals surface area contributed by atoms with Crippen LogP contribution in [0.2, 0.25) is 0 Å². The highest BCUT2D eigenvalue weighted by Crippen LogP contribution is 2.05. The predicted molar refractivity (Wildman–Crippen MR) is 58.7 cm³/mol. The fraction of sp³-hybridized carbons (Fsp3) is 0.600. The zero-order valence-electron chi connectivity index (χ0n) is 8.87. The summed E-state index contributed by atoms with van der Waals surface area (Å²) in [7, 11) is -0.741. The van der Waals surface area contributed by atoms with E-state index in [9.17, 15) is 4.21 Å². The van der Waals surface area contributed by atoms with Crippen LogP contribution in [0.5, 0.6) is 0 Å². The third-order valence-electron chi connectivity index (χ3n) is 1.91. The van der Waals surface area contributed by atoms with Crippen molar-refractivity contribution in [2.75, 3.05) is 12.0 Å². The molecule has 0 radical (unpaired) electrons. The van der Waals surface area contributed by atoms with Crippen molar-refractivity contribution in [2.24, 2.45) is 0 Å². The van der Waals surface area contributed by atoms with Crippen LogP contribution in [0.15, 0.2) is 16.5 Å². The molecule has 2 unspecified atom stereocenters. The summed E-state index contributed by atoms with van der Waals surface area (Å²) in [6.07, 6.45) is 1.72. The zero-order chi connectivity index (χ0) is 10.6. The Morgan fingerprint density at radius 3 is 2.79 bits per heavy atom. The van der Waals surface area contributed by atoms with Gasteiger partial charge in [0.1, 0.15) is 11.5 Å². The quantitative estimate of drug-likeness (QED) is 0.808. The molecular weight excluding hydrogens is 198 g/mol. The lowest BCUT2D eigenvalue weighted by Gasteiger charge is -2.10. The van der Waals surface area contributed by atoms with Crippen molar-refractivity contribution in [3.05, 3.63) is 23.7 Å². The average Bonchev–Trinajstić information content (AvgIpc) is 2.47. The van der Waals surface area contributed by atoms with E-state index in [4.69, 9.17) is 4.42 Å². The van der Waals surface area contributed by atoms with Crippen LogP contribution in [0.4, 0.5) is 0 Å². The number of hydrogen-bond donors (Lipinski definition) is 1. The van der Waals surface area contributed by atoms with Gasteiger partial charge in [0.25, 0.3) is 0 Å². The van der Waals surface area contributed by atoms with Gasteiger partial charge in [0.05, 0.1) is 6.54 Å². The Bertz CT molecular complexity index is 309. The molecule has 0 aliphatic heterocycles. The van der Waals surface area contributed by atoms with Crippen LogP contribution in [0.25, 0.3) is 0 Å². The Morgan fingerprint density at radius 2 is 2.29 bits per heavy atom. The zero-order valence-corrected chi connectivity index (χ0v) is 9.69. The first-order valence-electron chi connectivity index (χ1n) is 4.66. The van der Waals surface area contributed by atoms with Gasteiger partial charge >= 0.3 is 0 Å². The maximum Gasteiger partial charge on any atom is 0.117 e. The molecule has 14 heavy (non-hydrogen) atoms. The largest absolute Gasteiger partial charge is 0.465 e. The van der Waals surface area contributed by atoms with Crippen molar-refractivity contribution in [2.45, 2.75) is 26.4 Å². The average molecular weight is 215 g/mol. The predicted octanol–water partition coefficient (Wildman–Crippen LogP) is 1.44. The van der Waals surface area contributed by atoms with Crippen molar-refractivity contribution in [3.63, 3.8) is 0 Å². The van der Waals surface area contributed by atoms with Crippen LogP contribution in [0.3, 0.4) is 0 Å². The fourth-order valence-electron chi connectivity index (χ4n) is 1.27. The first-order chi connectivity index (χ1) is 6.58. The lowest BCUT2D eigenvalue weighted by Crippen LogP contribution is -2.30.